The first-order valence-corrected chi connectivity index (χ1v) is 6.47. The van der Waals surface area contributed by atoms with Crippen molar-refractivity contribution in [3.05, 3.63) is 29.8 Å². The largest absolute Gasteiger partial charge is 0.333 e. The van der Waals surface area contributed by atoms with Gasteiger partial charge in [-0.15, -0.1) is 0 Å². The lowest BCUT2D eigenvalue weighted by molar-refractivity contribution is 0.537. The number of nitrogens with zero attached hydrogens (tertiary/aromatic N) is 1. The minimum Gasteiger partial charge on any atom is -0.333 e. The Morgan fingerprint density at radius 2 is 2.12 bits per heavy atom. The Hall–Kier alpha value is -1.10. The molecule has 5 heteroatoms. The minimum absolute atomic E-state index is 0.137. The Kier molecular flexibility index (Phi) is 3.66. The molecule has 92 valence electrons. The highest BCUT2D eigenvalue weighted by atomic mass is 32.2. The highest BCUT2D eigenvalue weighted by molar-refractivity contribution is 8.14. The van der Waals surface area contributed by atoms with Crippen molar-refractivity contribution >= 4 is 22.6 Å². The Bertz CT molecular complexity index is 448. The van der Waals surface area contributed by atoms with Crippen LogP contribution in [0.5, 0.6) is 0 Å². The van der Waals surface area contributed by atoms with Crippen LogP contribution in [0.3, 0.4) is 0 Å². The van der Waals surface area contributed by atoms with Crippen LogP contribution in [-0.2, 0) is 0 Å². The van der Waals surface area contributed by atoms with Crippen LogP contribution in [0.4, 0.5) is 14.5 Å². The van der Waals surface area contributed by atoms with Gasteiger partial charge in [0.25, 0.3) is 0 Å². The van der Waals surface area contributed by atoms with Crippen molar-refractivity contribution in [1.82, 2.24) is 0 Å². The number of thioether (sulfide) groups is 1. The third-order valence-corrected chi connectivity index (χ3v) is 3.97. The van der Waals surface area contributed by atoms with E-state index in [2.05, 4.69) is 17.2 Å². The Morgan fingerprint density at radius 1 is 1.35 bits per heavy atom. The normalized spacial score (nSPS) is 24.4. The van der Waals surface area contributed by atoms with Crippen molar-refractivity contribution in [3.8, 4) is 0 Å². The van der Waals surface area contributed by atoms with Crippen LogP contribution in [0.2, 0.25) is 0 Å². The zero-order valence-corrected chi connectivity index (χ0v) is 10.5. The van der Waals surface area contributed by atoms with E-state index in [1.165, 1.54) is 11.8 Å². The van der Waals surface area contributed by atoms with Crippen LogP contribution < -0.4 is 5.32 Å². The molecule has 0 amide bonds. The molecule has 0 radical (unpaired) electrons. The summed E-state index contributed by atoms with van der Waals surface area (Å²) >= 11 is 1.53. The molecule has 2 nitrogen and oxygen atoms in total. The van der Waals surface area contributed by atoms with Gasteiger partial charge in [-0.25, -0.2) is 8.78 Å². The van der Waals surface area contributed by atoms with Gasteiger partial charge in [-0.1, -0.05) is 18.7 Å². The Balaban J connectivity index is 2.16. The fourth-order valence-electron chi connectivity index (χ4n) is 1.48. The van der Waals surface area contributed by atoms with Gasteiger partial charge in [0.2, 0.25) is 0 Å². The van der Waals surface area contributed by atoms with E-state index >= 15 is 0 Å². The fourth-order valence-corrected chi connectivity index (χ4v) is 2.60. The van der Waals surface area contributed by atoms with Gasteiger partial charge in [0.05, 0.1) is 11.7 Å². The first kappa shape index (κ1) is 12.4. The Morgan fingerprint density at radius 3 is 2.82 bits per heavy atom. The maximum Gasteiger partial charge on any atom is 0.161 e. The highest BCUT2D eigenvalue weighted by Gasteiger charge is 2.19. The van der Waals surface area contributed by atoms with Gasteiger partial charge in [0.1, 0.15) is 11.6 Å². The van der Waals surface area contributed by atoms with E-state index in [-0.39, 0.29) is 11.7 Å². The zero-order valence-electron chi connectivity index (χ0n) is 9.71. The van der Waals surface area contributed by atoms with E-state index in [1.54, 1.807) is 0 Å². The van der Waals surface area contributed by atoms with Gasteiger partial charge in [-0.2, -0.15) is 0 Å². The number of aliphatic imine (C=N–C) groups is 1. The first-order chi connectivity index (χ1) is 8.06. The summed E-state index contributed by atoms with van der Waals surface area (Å²) < 4.78 is 26.4. The summed E-state index contributed by atoms with van der Waals surface area (Å²) in [7, 11) is 0. The van der Waals surface area contributed by atoms with Gasteiger partial charge in [-0.3, -0.25) is 4.99 Å². The second kappa shape index (κ2) is 5.04. The summed E-state index contributed by atoms with van der Waals surface area (Å²) in [5.74, 6) is 0.504. The van der Waals surface area contributed by atoms with Crippen LogP contribution in [0.1, 0.15) is 13.8 Å². The fraction of sp³-hybridized carbons (Fsp3) is 0.417. The van der Waals surface area contributed by atoms with Crippen molar-refractivity contribution in [3.63, 3.8) is 0 Å². The van der Waals surface area contributed by atoms with Gasteiger partial charge < -0.3 is 5.32 Å². The average Bonchev–Trinajstić information content (AvgIpc) is 2.29. The number of hydrogen-bond donors (Lipinski definition) is 1. The molecule has 0 spiro atoms. The van der Waals surface area contributed by atoms with Crippen molar-refractivity contribution in [1.29, 1.82) is 0 Å². The van der Waals surface area contributed by atoms with Crippen LogP contribution in [0.25, 0.3) is 0 Å². The number of anilines is 1. The molecule has 17 heavy (non-hydrogen) atoms. The molecule has 1 aliphatic rings. The number of benzene rings is 1. The third-order valence-electron chi connectivity index (χ3n) is 2.80. The maximum atomic E-state index is 13.4. The molecule has 1 aromatic carbocycles. The summed E-state index contributed by atoms with van der Waals surface area (Å²) in [6.07, 6.45) is 0. The molecular formula is C12H14F2N2S. The van der Waals surface area contributed by atoms with E-state index in [0.29, 0.717) is 11.1 Å². The molecule has 0 bridgehead atoms. The molecule has 0 saturated carbocycles. The van der Waals surface area contributed by atoms with Crippen molar-refractivity contribution in [2.24, 2.45) is 10.9 Å². The SMILES string of the molecule is CC1CSC(Nc2cc(F)ccc2F)=NC1C. The van der Waals surface area contributed by atoms with Gasteiger partial charge in [-0.05, 0) is 25.0 Å². The summed E-state index contributed by atoms with van der Waals surface area (Å²) in [6, 6.07) is 3.55. The highest BCUT2D eigenvalue weighted by Crippen LogP contribution is 2.25. The van der Waals surface area contributed by atoms with Crippen LogP contribution in [0, 0.1) is 17.6 Å². The zero-order chi connectivity index (χ0) is 12.4. The van der Waals surface area contributed by atoms with Crippen LogP contribution in [0.15, 0.2) is 23.2 Å². The van der Waals surface area contributed by atoms with Crippen molar-refractivity contribution < 1.29 is 8.78 Å². The van der Waals surface area contributed by atoms with Crippen LogP contribution >= 0.6 is 11.8 Å². The predicted molar refractivity (Wildman–Crippen MR) is 68.5 cm³/mol. The van der Waals surface area contributed by atoms with Crippen molar-refractivity contribution in [2.45, 2.75) is 19.9 Å². The lowest BCUT2D eigenvalue weighted by Gasteiger charge is -2.23. The lowest BCUT2D eigenvalue weighted by atomic mass is 10.1. The number of rotatable bonds is 1. The topological polar surface area (TPSA) is 24.4 Å². The lowest BCUT2D eigenvalue weighted by Crippen LogP contribution is -2.25. The second-order valence-electron chi connectivity index (χ2n) is 4.21. The number of hydrogen-bond acceptors (Lipinski definition) is 3. The smallest absolute Gasteiger partial charge is 0.161 e. The van der Waals surface area contributed by atoms with E-state index in [9.17, 15) is 8.78 Å². The molecule has 2 unspecified atom stereocenters. The molecule has 0 aliphatic carbocycles. The molecule has 0 fully saturated rings. The minimum atomic E-state index is -0.471. The Labute approximate surface area is 104 Å². The summed E-state index contributed by atoms with van der Waals surface area (Å²) in [5.41, 5.74) is 0.137. The van der Waals surface area contributed by atoms with Gasteiger partial charge >= 0.3 is 0 Å². The molecule has 1 aromatic rings. The van der Waals surface area contributed by atoms with Crippen LogP contribution in [-0.4, -0.2) is 17.0 Å². The molecule has 1 aliphatic heterocycles. The summed E-state index contributed by atoms with van der Waals surface area (Å²) in [6.45, 7) is 4.15. The quantitative estimate of drug-likeness (QED) is 0.831. The first-order valence-electron chi connectivity index (χ1n) is 5.49. The van der Waals surface area contributed by atoms with Crippen molar-refractivity contribution in [2.75, 3.05) is 11.1 Å². The molecular weight excluding hydrogens is 242 g/mol. The number of nitrogens with one attached hydrogen (secondary N) is 1. The average molecular weight is 256 g/mol. The second-order valence-corrected chi connectivity index (χ2v) is 5.22. The molecule has 0 saturated heterocycles. The summed E-state index contributed by atoms with van der Waals surface area (Å²) in [4.78, 5) is 4.41. The maximum absolute atomic E-state index is 13.4. The van der Waals surface area contributed by atoms with E-state index in [0.717, 1.165) is 24.0 Å². The van der Waals surface area contributed by atoms with E-state index in [1.807, 2.05) is 6.92 Å². The number of amidine groups is 1. The summed E-state index contributed by atoms with van der Waals surface area (Å²) in [5, 5.41) is 3.49. The standard InChI is InChI=1S/C12H14F2N2S/c1-7-6-17-12(15-8(7)2)16-11-5-9(13)3-4-10(11)14/h3-5,7-8H,6H2,1-2H3,(H,15,16). The molecule has 1 N–H and O–H groups in total. The molecule has 1 heterocycles. The predicted octanol–water partition coefficient (Wildman–Crippen LogP) is 3.50. The molecule has 2 rings (SSSR count). The monoisotopic (exact) mass is 256 g/mol. The van der Waals surface area contributed by atoms with E-state index < -0.39 is 11.6 Å². The molecule has 2 atom stereocenters. The molecule has 0 aromatic heterocycles. The third kappa shape index (κ3) is 2.97. The number of halogens is 2. The van der Waals surface area contributed by atoms with Gasteiger partial charge in [0.15, 0.2) is 5.17 Å². The van der Waals surface area contributed by atoms with E-state index in [4.69, 9.17) is 0 Å². The van der Waals surface area contributed by atoms with Gasteiger partial charge in [0, 0.05) is 11.8 Å².